The zero-order valence-corrected chi connectivity index (χ0v) is 26.5. The SMILES string of the molecule is CCCCCCCCCCCCCCCCCC(=O)[O-].CCCCCCCCCCC[NH+](CC)C(C)C. The van der Waals surface area contributed by atoms with Gasteiger partial charge in [0, 0.05) is 5.97 Å². The van der Waals surface area contributed by atoms with E-state index in [1.54, 1.807) is 4.90 Å². The first-order chi connectivity index (χ1) is 18.0. The Morgan fingerprint density at radius 3 is 1.08 bits per heavy atom. The molecule has 224 valence electrons. The number of carbonyl (C=O) groups excluding carboxylic acids is 1. The summed E-state index contributed by atoms with van der Waals surface area (Å²) in [6.45, 7) is 14.2. The Balaban J connectivity index is 0. The lowest BCUT2D eigenvalue weighted by Crippen LogP contribution is -3.14. The fourth-order valence-corrected chi connectivity index (χ4v) is 5.18. The Bertz CT molecular complexity index is 424. The average Bonchev–Trinajstić information content (AvgIpc) is 2.87. The van der Waals surface area contributed by atoms with E-state index < -0.39 is 5.97 Å². The van der Waals surface area contributed by atoms with E-state index in [9.17, 15) is 9.90 Å². The molecule has 0 saturated heterocycles. The van der Waals surface area contributed by atoms with E-state index in [-0.39, 0.29) is 6.42 Å². The molecule has 0 aromatic heterocycles. The summed E-state index contributed by atoms with van der Waals surface area (Å²) in [5.41, 5.74) is 0. The third-order valence-corrected chi connectivity index (χ3v) is 7.86. The number of unbranched alkanes of at least 4 members (excludes halogenated alkanes) is 22. The average molecular weight is 526 g/mol. The van der Waals surface area contributed by atoms with Gasteiger partial charge in [-0.15, -0.1) is 0 Å². The van der Waals surface area contributed by atoms with Crippen LogP contribution >= 0.6 is 0 Å². The minimum absolute atomic E-state index is 0.234. The van der Waals surface area contributed by atoms with Gasteiger partial charge in [-0.05, 0) is 46.5 Å². The van der Waals surface area contributed by atoms with Crippen LogP contribution in [0.25, 0.3) is 0 Å². The molecule has 0 saturated carbocycles. The van der Waals surface area contributed by atoms with E-state index in [1.807, 2.05) is 0 Å². The highest BCUT2D eigenvalue weighted by atomic mass is 16.4. The van der Waals surface area contributed by atoms with Gasteiger partial charge in [0.15, 0.2) is 0 Å². The van der Waals surface area contributed by atoms with Crippen molar-refractivity contribution in [3.05, 3.63) is 0 Å². The maximum Gasteiger partial charge on any atom is 0.0817 e. The minimum Gasteiger partial charge on any atom is -0.550 e. The predicted molar refractivity (Wildman–Crippen MR) is 163 cm³/mol. The van der Waals surface area contributed by atoms with Crippen molar-refractivity contribution in [1.82, 2.24) is 0 Å². The van der Waals surface area contributed by atoms with Crippen LogP contribution in [0.1, 0.15) is 195 Å². The quantitative estimate of drug-likeness (QED) is 0.104. The van der Waals surface area contributed by atoms with Crippen LogP contribution in [0.2, 0.25) is 0 Å². The van der Waals surface area contributed by atoms with Crippen molar-refractivity contribution in [1.29, 1.82) is 0 Å². The third kappa shape index (κ3) is 35.4. The van der Waals surface area contributed by atoms with Crippen molar-refractivity contribution in [2.24, 2.45) is 0 Å². The van der Waals surface area contributed by atoms with Crippen molar-refractivity contribution in [3.63, 3.8) is 0 Å². The van der Waals surface area contributed by atoms with E-state index >= 15 is 0 Å². The van der Waals surface area contributed by atoms with Gasteiger partial charge in [-0.2, -0.15) is 0 Å². The van der Waals surface area contributed by atoms with Gasteiger partial charge in [0.2, 0.25) is 0 Å². The summed E-state index contributed by atoms with van der Waals surface area (Å²) in [5.74, 6) is -0.903. The molecule has 0 aliphatic carbocycles. The molecule has 0 aliphatic rings. The molecule has 0 bridgehead atoms. The Labute approximate surface area is 235 Å². The number of carbonyl (C=O) groups is 1. The van der Waals surface area contributed by atoms with Crippen LogP contribution in [0.5, 0.6) is 0 Å². The number of nitrogens with one attached hydrogen (secondary N) is 1. The molecular formula is C34H71NO2. The molecule has 0 spiro atoms. The molecule has 0 aromatic rings. The number of quaternary nitrogens is 1. The maximum absolute atomic E-state index is 10.2. The second-order valence-electron chi connectivity index (χ2n) is 11.8. The topological polar surface area (TPSA) is 44.6 Å². The van der Waals surface area contributed by atoms with E-state index in [1.165, 1.54) is 154 Å². The van der Waals surface area contributed by atoms with Gasteiger partial charge in [0.25, 0.3) is 0 Å². The van der Waals surface area contributed by atoms with E-state index in [4.69, 9.17) is 0 Å². The molecule has 37 heavy (non-hydrogen) atoms. The van der Waals surface area contributed by atoms with Crippen LogP contribution in [0.3, 0.4) is 0 Å². The Morgan fingerprint density at radius 1 is 0.514 bits per heavy atom. The van der Waals surface area contributed by atoms with Gasteiger partial charge in [-0.25, -0.2) is 0 Å². The smallest absolute Gasteiger partial charge is 0.0817 e. The number of carboxylic acid groups (broad SMARTS) is 1. The molecule has 0 amide bonds. The summed E-state index contributed by atoms with van der Waals surface area (Å²) >= 11 is 0. The second kappa shape index (κ2) is 33.5. The lowest BCUT2D eigenvalue weighted by Gasteiger charge is -2.21. The van der Waals surface area contributed by atoms with Crippen LogP contribution in [0.15, 0.2) is 0 Å². The fourth-order valence-electron chi connectivity index (χ4n) is 5.18. The Morgan fingerprint density at radius 2 is 0.811 bits per heavy atom. The van der Waals surface area contributed by atoms with Gasteiger partial charge in [-0.1, -0.05) is 149 Å². The van der Waals surface area contributed by atoms with Crippen LogP contribution in [-0.4, -0.2) is 25.1 Å². The first-order valence-corrected chi connectivity index (χ1v) is 17.0. The highest BCUT2D eigenvalue weighted by molar-refractivity contribution is 5.64. The molecule has 0 aliphatic heterocycles. The van der Waals surface area contributed by atoms with E-state index in [0.29, 0.717) is 0 Å². The molecule has 0 aromatic carbocycles. The van der Waals surface area contributed by atoms with Crippen molar-refractivity contribution >= 4 is 5.97 Å². The standard InChI is InChI=1S/C18H36O2.C16H35N/c1-2-3-4-5-6-7-8-9-10-11-12-13-14-15-16-17-18(19)20;1-5-7-8-9-10-11-12-13-14-15-17(6-2)16(3)4/h2-17H2,1H3,(H,19,20);16H,5-15H2,1-4H3. The van der Waals surface area contributed by atoms with Gasteiger partial charge in [0.05, 0.1) is 19.1 Å². The molecule has 0 rings (SSSR count). The lowest BCUT2D eigenvalue weighted by molar-refractivity contribution is -0.920. The lowest BCUT2D eigenvalue weighted by atomic mass is 10.0. The monoisotopic (exact) mass is 526 g/mol. The fraction of sp³-hybridized carbons (Fsp3) is 0.971. The van der Waals surface area contributed by atoms with Gasteiger partial charge < -0.3 is 14.8 Å². The summed E-state index contributed by atoms with van der Waals surface area (Å²) in [5, 5.41) is 10.2. The van der Waals surface area contributed by atoms with Gasteiger partial charge in [0.1, 0.15) is 0 Å². The molecule has 1 unspecified atom stereocenters. The third-order valence-electron chi connectivity index (χ3n) is 7.86. The summed E-state index contributed by atoms with van der Waals surface area (Å²) in [4.78, 5) is 12.0. The van der Waals surface area contributed by atoms with Crippen molar-refractivity contribution in [2.75, 3.05) is 13.1 Å². The summed E-state index contributed by atoms with van der Waals surface area (Å²) in [6.07, 6.45) is 32.8. The summed E-state index contributed by atoms with van der Waals surface area (Å²) in [7, 11) is 0. The Kier molecular flexibility index (Phi) is 34.9. The summed E-state index contributed by atoms with van der Waals surface area (Å²) in [6, 6.07) is 0.800. The van der Waals surface area contributed by atoms with Crippen molar-refractivity contribution in [3.8, 4) is 0 Å². The molecule has 0 radical (unpaired) electrons. The normalized spacial score (nSPS) is 11.9. The first-order valence-electron chi connectivity index (χ1n) is 17.0. The number of carboxylic acids is 1. The number of hydrogen-bond donors (Lipinski definition) is 1. The minimum atomic E-state index is -0.903. The van der Waals surface area contributed by atoms with Crippen molar-refractivity contribution < 1.29 is 14.8 Å². The largest absolute Gasteiger partial charge is 0.550 e. The Hall–Kier alpha value is -0.570. The second-order valence-corrected chi connectivity index (χ2v) is 11.8. The van der Waals surface area contributed by atoms with E-state index in [0.717, 1.165) is 18.9 Å². The molecule has 1 atom stereocenters. The van der Waals surface area contributed by atoms with Crippen LogP contribution in [0, 0.1) is 0 Å². The highest BCUT2D eigenvalue weighted by Crippen LogP contribution is 2.13. The first kappa shape index (κ1) is 38.6. The molecule has 3 heteroatoms. The van der Waals surface area contributed by atoms with Crippen LogP contribution in [0.4, 0.5) is 0 Å². The molecule has 0 fully saturated rings. The zero-order valence-electron chi connectivity index (χ0n) is 26.5. The van der Waals surface area contributed by atoms with E-state index in [2.05, 4.69) is 34.6 Å². The van der Waals surface area contributed by atoms with Gasteiger partial charge >= 0.3 is 0 Å². The van der Waals surface area contributed by atoms with Crippen LogP contribution in [-0.2, 0) is 4.79 Å². The number of aliphatic carboxylic acids is 1. The van der Waals surface area contributed by atoms with Crippen molar-refractivity contribution in [2.45, 2.75) is 201 Å². The number of rotatable bonds is 28. The zero-order chi connectivity index (χ0) is 27.8. The molecule has 0 heterocycles. The highest BCUT2D eigenvalue weighted by Gasteiger charge is 2.08. The van der Waals surface area contributed by atoms with Gasteiger partial charge in [-0.3, -0.25) is 0 Å². The molecule has 1 N–H and O–H groups in total. The molecule has 3 nitrogen and oxygen atoms in total. The molecular weight excluding hydrogens is 454 g/mol. The van der Waals surface area contributed by atoms with Crippen LogP contribution < -0.4 is 10.0 Å². The number of hydrogen-bond acceptors (Lipinski definition) is 2. The predicted octanol–water partition coefficient (Wildman–Crippen LogP) is 8.83. The summed E-state index contributed by atoms with van der Waals surface area (Å²) < 4.78 is 0. The maximum atomic E-state index is 10.2.